The average Bonchev–Trinajstić information content (AvgIpc) is 3.27. The number of primary amides is 1. The minimum absolute atomic E-state index is 0.0705. The predicted molar refractivity (Wildman–Crippen MR) is 115 cm³/mol. The van der Waals surface area contributed by atoms with Crippen molar-refractivity contribution in [2.45, 2.75) is 50.6 Å². The van der Waals surface area contributed by atoms with Gasteiger partial charge in [-0.25, -0.2) is 5.10 Å². The number of aromatic amines is 1. The molecule has 1 fully saturated rings. The number of nitrogens with one attached hydrogen (secondary N) is 1. The van der Waals surface area contributed by atoms with Gasteiger partial charge in [0.15, 0.2) is 0 Å². The summed E-state index contributed by atoms with van der Waals surface area (Å²) < 4.78 is 40.2. The maximum atomic E-state index is 13.4. The lowest BCUT2D eigenvalue weighted by atomic mass is 9.86. The molecule has 0 bridgehead atoms. The van der Waals surface area contributed by atoms with Crippen molar-refractivity contribution in [3.05, 3.63) is 75.2 Å². The smallest absolute Gasteiger partial charge is 0.369 e. The molecule has 1 unspecified atom stereocenters. The number of nitrogens with zero attached hydrogens (tertiary/aromatic N) is 1. The van der Waals surface area contributed by atoms with Crippen molar-refractivity contribution >= 4 is 16.7 Å². The number of aromatic nitrogens is 2. The summed E-state index contributed by atoms with van der Waals surface area (Å²) in [5, 5.41) is 7.15. The van der Waals surface area contributed by atoms with Gasteiger partial charge in [0.2, 0.25) is 5.91 Å². The minimum atomic E-state index is -4.49. The van der Waals surface area contributed by atoms with Crippen molar-refractivity contribution in [3.63, 3.8) is 0 Å². The van der Waals surface area contributed by atoms with Crippen LogP contribution in [0.25, 0.3) is 10.8 Å². The molecule has 32 heavy (non-hydrogen) atoms. The van der Waals surface area contributed by atoms with E-state index in [1.165, 1.54) is 18.2 Å². The third-order valence-electron chi connectivity index (χ3n) is 6.36. The van der Waals surface area contributed by atoms with Crippen LogP contribution < -0.4 is 11.3 Å². The number of rotatable bonds is 6. The fourth-order valence-corrected chi connectivity index (χ4v) is 4.72. The summed E-state index contributed by atoms with van der Waals surface area (Å²) in [7, 11) is 0. The molecule has 0 saturated heterocycles. The highest BCUT2D eigenvalue weighted by Gasteiger charge is 2.33. The van der Waals surface area contributed by atoms with Crippen LogP contribution in [-0.4, -0.2) is 16.1 Å². The van der Waals surface area contributed by atoms with Crippen molar-refractivity contribution in [1.82, 2.24) is 10.2 Å². The van der Waals surface area contributed by atoms with Gasteiger partial charge < -0.3 is 5.73 Å². The fraction of sp³-hybridized carbons (Fsp3) is 0.375. The van der Waals surface area contributed by atoms with Gasteiger partial charge in [0.05, 0.1) is 22.6 Å². The minimum Gasteiger partial charge on any atom is -0.369 e. The molecule has 0 radical (unpaired) electrons. The van der Waals surface area contributed by atoms with Gasteiger partial charge in [-0.2, -0.15) is 18.3 Å². The van der Waals surface area contributed by atoms with E-state index >= 15 is 0 Å². The van der Waals surface area contributed by atoms with Gasteiger partial charge in [-0.15, -0.1) is 0 Å². The molecule has 1 aromatic heterocycles. The molecule has 1 aliphatic carbocycles. The zero-order valence-electron chi connectivity index (χ0n) is 17.4. The highest BCUT2D eigenvalue weighted by molar-refractivity contribution is 5.88. The molecule has 1 amide bonds. The zero-order chi connectivity index (χ0) is 22.9. The van der Waals surface area contributed by atoms with Gasteiger partial charge in [0.25, 0.3) is 5.56 Å². The third kappa shape index (κ3) is 4.54. The Bertz CT molecular complexity index is 1200. The Balaban J connectivity index is 1.72. The van der Waals surface area contributed by atoms with Crippen LogP contribution in [0.3, 0.4) is 0 Å². The largest absolute Gasteiger partial charge is 0.416 e. The number of carbonyl (C=O) groups excluding carboxylic acids is 1. The molecule has 0 aliphatic heterocycles. The van der Waals surface area contributed by atoms with Crippen LogP contribution in [-0.2, 0) is 17.4 Å². The Morgan fingerprint density at radius 3 is 2.53 bits per heavy atom. The first-order chi connectivity index (χ1) is 15.2. The highest BCUT2D eigenvalue weighted by Crippen LogP contribution is 2.36. The summed E-state index contributed by atoms with van der Waals surface area (Å²) in [5.41, 5.74) is 5.53. The van der Waals surface area contributed by atoms with Crippen LogP contribution in [0.15, 0.2) is 47.3 Å². The molecule has 8 heteroatoms. The van der Waals surface area contributed by atoms with E-state index in [-0.39, 0.29) is 17.4 Å². The fourth-order valence-electron chi connectivity index (χ4n) is 4.72. The van der Waals surface area contributed by atoms with E-state index in [9.17, 15) is 22.8 Å². The van der Waals surface area contributed by atoms with Crippen LogP contribution >= 0.6 is 0 Å². The number of halogens is 3. The van der Waals surface area contributed by atoms with E-state index in [4.69, 9.17) is 5.73 Å². The van der Waals surface area contributed by atoms with Crippen molar-refractivity contribution in [1.29, 1.82) is 0 Å². The number of nitrogens with two attached hydrogens (primary N) is 1. The zero-order valence-corrected chi connectivity index (χ0v) is 17.4. The Labute approximate surface area is 182 Å². The molecule has 1 aliphatic rings. The molecule has 0 spiro atoms. The highest BCUT2D eigenvalue weighted by atomic mass is 19.4. The van der Waals surface area contributed by atoms with Gasteiger partial charge in [-0.3, -0.25) is 9.59 Å². The van der Waals surface area contributed by atoms with Crippen molar-refractivity contribution in [3.8, 4) is 0 Å². The molecule has 168 valence electrons. The van der Waals surface area contributed by atoms with Gasteiger partial charge in [-0.1, -0.05) is 56.0 Å². The molecular weight excluding hydrogens is 419 g/mol. The molecule has 1 saturated carbocycles. The quantitative estimate of drug-likeness (QED) is 0.580. The van der Waals surface area contributed by atoms with Gasteiger partial charge in [0, 0.05) is 11.8 Å². The average molecular weight is 443 g/mol. The number of hydrogen-bond acceptors (Lipinski definition) is 3. The number of fused-ring (bicyclic) bond motifs is 1. The van der Waals surface area contributed by atoms with Gasteiger partial charge in [-0.05, 0) is 35.6 Å². The summed E-state index contributed by atoms with van der Waals surface area (Å²) in [4.78, 5) is 24.7. The Morgan fingerprint density at radius 2 is 1.84 bits per heavy atom. The number of hydrogen-bond donors (Lipinski definition) is 2. The molecule has 3 aromatic rings. The SMILES string of the molecule is NC(=O)C(CC1CCCC1)c1ccc2c(Cc3ccccc3C(F)(F)F)n[nH]c(=O)c2c1. The maximum Gasteiger partial charge on any atom is 0.416 e. The van der Waals surface area contributed by atoms with E-state index in [0.717, 1.165) is 31.7 Å². The summed E-state index contributed by atoms with van der Waals surface area (Å²) in [5.74, 6) is -0.529. The molecule has 5 nitrogen and oxygen atoms in total. The summed E-state index contributed by atoms with van der Waals surface area (Å²) >= 11 is 0. The Morgan fingerprint density at radius 1 is 1.12 bits per heavy atom. The number of amides is 1. The summed E-state index contributed by atoms with van der Waals surface area (Å²) in [6.07, 6.45) is 0.454. The molecule has 1 heterocycles. The maximum absolute atomic E-state index is 13.4. The Hall–Kier alpha value is -3.16. The van der Waals surface area contributed by atoms with Crippen molar-refractivity contribution in [2.24, 2.45) is 11.7 Å². The first-order valence-electron chi connectivity index (χ1n) is 10.7. The van der Waals surface area contributed by atoms with Crippen LogP contribution in [0.1, 0.15) is 60.4 Å². The molecule has 1 atom stereocenters. The second-order valence-corrected chi connectivity index (χ2v) is 8.48. The first kappa shape index (κ1) is 22.0. The number of alkyl halides is 3. The lowest BCUT2D eigenvalue weighted by Crippen LogP contribution is -2.23. The topological polar surface area (TPSA) is 88.8 Å². The summed E-state index contributed by atoms with van der Waals surface area (Å²) in [6, 6.07) is 10.3. The standard InChI is InChI=1S/C24H24F3N3O2/c25-24(26,27)20-8-4-3-7-16(20)13-21-17-10-9-15(12-19(17)23(32)30-29-21)18(22(28)31)11-14-5-1-2-6-14/h3-4,7-10,12,14,18H,1-2,5-6,11,13H2,(H2,28,31)(H,30,32). The first-order valence-corrected chi connectivity index (χ1v) is 10.7. The van der Waals surface area contributed by atoms with E-state index < -0.39 is 29.1 Å². The molecule has 2 aromatic carbocycles. The van der Waals surface area contributed by atoms with Crippen molar-refractivity contribution in [2.75, 3.05) is 0 Å². The van der Waals surface area contributed by atoms with Gasteiger partial charge in [0.1, 0.15) is 0 Å². The predicted octanol–water partition coefficient (Wildman–Crippen LogP) is 4.68. The van der Waals surface area contributed by atoms with E-state index in [2.05, 4.69) is 10.2 Å². The second kappa shape index (κ2) is 8.76. The monoisotopic (exact) mass is 443 g/mol. The molecular formula is C24H24F3N3O2. The normalized spacial score (nSPS) is 15.8. The second-order valence-electron chi connectivity index (χ2n) is 8.48. The van der Waals surface area contributed by atoms with Crippen molar-refractivity contribution < 1.29 is 18.0 Å². The van der Waals surface area contributed by atoms with Crippen LogP contribution in [0.4, 0.5) is 13.2 Å². The van der Waals surface area contributed by atoms with E-state index in [1.54, 1.807) is 18.2 Å². The number of H-pyrrole nitrogens is 1. The lowest BCUT2D eigenvalue weighted by Gasteiger charge is -2.19. The molecule has 4 rings (SSSR count). The van der Waals surface area contributed by atoms with Gasteiger partial charge >= 0.3 is 6.18 Å². The van der Waals surface area contributed by atoms with Crippen LogP contribution in [0.2, 0.25) is 0 Å². The summed E-state index contributed by atoms with van der Waals surface area (Å²) in [6.45, 7) is 0. The lowest BCUT2D eigenvalue weighted by molar-refractivity contribution is -0.138. The van der Waals surface area contributed by atoms with Crippen LogP contribution in [0, 0.1) is 5.92 Å². The van der Waals surface area contributed by atoms with E-state index in [1.807, 2.05) is 0 Å². The number of carbonyl (C=O) groups is 1. The van der Waals surface area contributed by atoms with E-state index in [0.29, 0.717) is 29.0 Å². The number of benzene rings is 2. The van der Waals surface area contributed by atoms with Crippen LogP contribution in [0.5, 0.6) is 0 Å². The molecule has 3 N–H and O–H groups in total. The third-order valence-corrected chi connectivity index (χ3v) is 6.36. The Kier molecular flexibility index (Phi) is 6.04.